The SMILES string of the molecule is C=[CH][Ni][CH]=C.Cl. The van der Waals surface area contributed by atoms with Gasteiger partial charge in [-0.3, -0.25) is 0 Å². The molecule has 0 aromatic carbocycles. The Morgan fingerprint density at radius 3 is 1.50 bits per heavy atom. The molecule has 0 aliphatic heterocycles. The molecule has 0 spiro atoms. The van der Waals surface area contributed by atoms with Gasteiger partial charge in [-0.1, -0.05) is 0 Å². The molecule has 0 atom stereocenters. The molecule has 0 saturated heterocycles. The van der Waals surface area contributed by atoms with Gasteiger partial charge in [0, 0.05) is 0 Å². The topological polar surface area (TPSA) is 0 Å². The van der Waals surface area contributed by atoms with Crippen LogP contribution in [0.5, 0.6) is 0 Å². The van der Waals surface area contributed by atoms with Crippen LogP contribution >= 0.6 is 12.4 Å². The summed E-state index contributed by atoms with van der Waals surface area (Å²) >= 11 is 1.35. The van der Waals surface area contributed by atoms with Crippen molar-refractivity contribution < 1.29 is 14.4 Å². The minimum absolute atomic E-state index is 0. The summed E-state index contributed by atoms with van der Waals surface area (Å²) in [7, 11) is 0. The Hall–Kier alpha value is 0.264. The van der Waals surface area contributed by atoms with E-state index in [9.17, 15) is 0 Å². The van der Waals surface area contributed by atoms with E-state index in [4.69, 9.17) is 0 Å². The van der Waals surface area contributed by atoms with Gasteiger partial charge >= 0.3 is 37.7 Å². The van der Waals surface area contributed by atoms with Crippen LogP contribution in [0.4, 0.5) is 0 Å². The molecule has 0 bridgehead atoms. The normalized spacial score (nSPS) is 6.00. The zero-order valence-electron chi connectivity index (χ0n) is 3.29. The van der Waals surface area contributed by atoms with Crippen molar-refractivity contribution in [1.82, 2.24) is 0 Å². The second kappa shape index (κ2) is 8.98. The summed E-state index contributed by atoms with van der Waals surface area (Å²) in [6.45, 7) is 6.90. The van der Waals surface area contributed by atoms with Crippen molar-refractivity contribution in [1.29, 1.82) is 0 Å². The number of halogens is 1. The summed E-state index contributed by atoms with van der Waals surface area (Å²) in [6.07, 6.45) is 0. The van der Waals surface area contributed by atoms with Crippen molar-refractivity contribution in [2.24, 2.45) is 0 Å². The summed E-state index contributed by atoms with van der Waals surface area (Å²) in [5, 5.41) is 3.50. The molecule has 0 heterocycles. The van der Waals surface area contributed by atoms with Crippen molar-refractivity contribution in [3.05, 3.63) is 23.2 Å². The average Bonchev–Trinajstić information content (AvgIpc) is 1.41. The second-order valence-electron chi connectivity index (χ2n) is 0.364. The first-order valence-corrected chi connectivity index (χ1v) is 2.32. The maximum atomic E-state index is 3.45. The second-order valence-corrected chi connectivity index (χ2v) is 1.50. The fourth-order valence-corrected chi connectivity index (χ4v) is 0.217. The van der Waals surface area contributed by atoms with E-state index in [2.05, 4.69) is 13.2 Å². The minimum Gasteiger partial charge on any atom is -0.147 e. The van der Waals surface area contributed by atoms with E-state index in [1.54, 1.807) is 10.1 Å². The summed E-state index contributed by atoms with van der Waals surface area (Å²) in [5.41, 5.74) is 0. The maximum absolute atomic E-state index is 3.45. The third-order valence-electron chi connectivity index (χ3n) is 0.149. The molecule has 0 fully saturated rings. The number of rotatable bonds is 2. The average molecular weight is 149 g/mol. The standard InChI is InChI=1S/2C2H3.ClH.Ni/c2*1-2;;/h2*1H,2H2;1H;. The van der Waals surface area contributed by atoms with Crippen LogP contribution in [0.3, 0.4) is 0 Å². The molecule has 0 aromatic heterocycles. The van der Waals surface area contributed by atoms with E-state index < -0.39 is 0 Å². The molecule has 0 saturated carbocycles. The van der Waals surface area contributed by atoms with Crippen LogP contribution < -0.4 is 0 Å². The third kappa shape index (κ3) is 8.86. The van der Waals surface area contributed by atoms with Crippen molar-refractivity contribution in [3.8, 4) is 0 Å². The molecule has 6 heavy (non-hydrogen) atoms. The quantitative estimate of drug-likeness (QED) is 0.525. The molecular formula is C4H7ClNi. The monoisotopic (exact) mass is 148 g/mol. The summed E-state index contributed by atoms with van der Waals surface area (Å²) in [5.74, 6) is 0. The zero-order chi connectivity index (χ0) is 4.12. The van der Waals surface area contributed by atoms with Gasteiger partial charge in [-0.2, -0.15) is 0 Å². The van der Waals surface area contributed by atoms with E-state index >= 15 is 0 Å². The van der Waals surface area contributed by atoms with Gasteiger partial charge in [0.1, 0.15) is 0 Å². The zero-order valence-corrected chi connectivity index (χ0v) is 5.10. The smallest absolute Gasteiger partial charge is 0.147 e. The molecule has 0 amide bonds. The minimum atomic E-state index is 0. The molecule has 0 aliphatic rings. The molecule has 0 nitrogen and oxygen atoms in total. The van der Waals surface area contributed by atoms with E-state index in [0.717, 1.165) is 0 Å². The summed E-state index contributed by atoms with van der Waals surface area (Å²) in [4.78, 5) is 0. The molecule has 0 aliphatic carbocycles. The number of hydrogen-bond acceptors (Lipinski definition) is 0. The number of hydrogen-bond donors (Lipinski definition) is 0. The molecular weight excluding hydrogens is 142 g/mol. The van der Waals surface area contributed by atoms with Crippen LogP contribution in [-0.4, -0.2) is 0 Å². The van der Waals surface area contributed by atoms with E-state index in [0.29, 0.717) is 0 Å². The van der Waals surface area contributed by atoms with Gasteiger partial charge in [0.05, 0.1) is 0 Å². The van der Waals surface area contributed by atoms with Crippen LogP contribution in [0.2, 0.25) is 0 Å². The van der Waals surface area contributed by atoms with Gasteiger partial charge in [0.2, 0.25) is 0 Å². The van der Waals surface area contributed by atoms with Gasteiger partial charge in [-0.05, 0) is 0 Å². The van der Waals surface area contributed by atoms with Gasteiger partial charge < -0.3 is 0 Å². The Bertz CT molecular complexity index is 36.8. The molecule has 0 unspecified atom stereocenters. The van der Waals surface area contributed by atoms with Gasteiger partial charge in [-0.25, -0.2) is 0 Å². The van der Waals surface area contributed by atoms with Gasteiger partial charge in [0.15, 0.2) is 0 Å². The van der Waals surface area contributed by atoms with Gasteiger partial charge in [-0.15, -0.1) is 12.4 Å². The Kier molecular flexibility index (Phi) is 14.3. The molecule has 0 N–H and O–H groups in total. The van der Waals surface area contributed by atoms with Crippen molar-refractivity contribution >= 4 is 12.4 Å². The fraction of sp³-hybridized carbons (Fsp3) is 0. The van der Waals surface area contributed by atoms with Crippen molar-refractivity contribution in [2.75, 3.05) is 0 Å². The van der Waals surface area contributed by atoms with Gasteiger partial charge in [0.25, 0.3) is 0 Å². The van der Waals surface area contributed by atoms with Crippen LogP contribution in [-0.2, 0) is 14.4 Å². The molecule has 0 rings (SSSR count). The fourth-order valence-electron chi connectivity index (χ4n) is 0.0527. The first-order valence-electron chi connectivity index (χ1n) is 1.18. The summed E-state index contributed by atoms with van der Waals surface area (Å²) < 4.78 is 0. The molecule has 2 heteroatoms. The third-order valence-corrected chi connectivity index (χ3v) is 0.615. The van der Waals surface area contributed by atoms with E-state index in [1.807, 2.05) is 0 Å². The van der Waals surface area contributed by atoms with E-state index in [1.165, 1.54) is 14.4 Å². The van der Waals surface area contributed by atoms with Crippen LogP contribution in [0.15, 0.2) is 23.2 Å². The van der Waals surface area contributed by atoms with Crippen molar-refractivity contribution in [3.63, 3.8) is 0 Å². The first-order chi connectivity index (χ1) is 2.41. The maximum Gasteiger partial charge on any atom is -0.147 e. The molecule has 0 aromatic rings. The first kappa shape index (κ1) is 9.55. The molecule has 40 valence electrons. The summed E-state index contributed by atoms with van der Waals surface area (Å²) in [6, 6.07) is 0. The Labute approximate surface area is 50.5 Å². The van der Waals surface area contributed by atoms with Crippen LogP contribution in [0.25, 0.3) is 0 Å². The van der Waals surface area contributed by atoms with Crippen LogP contribution in [0.1, 0.15) is 0 Å². The van der Waals surface area contributed by atoms with Crippen molar-refractivity contribution in [2.45, 2.75) is 0 Å². The largest absolute Gasteiger partial charge is 0.147 e. The Balaban J connectivity index is 0. The van der Waals surface area contributed by atoms with Crippen LogP contribution in [0, 0.1) is 0 Å². The Morgan fingerprint density at radius 2 is 1.50 bits per heavy atom. The predicted octanol–water partition coefficient (Wildman–Crippen LogP) is 1.78. The van der Waals surface area contributed by atoms with E-state index in [-0.39, 0.29) is 12.4 Å². The Morgan fingerprint density at radius 1 is 1.17 bits per heavy atom. The molecule has 0 radical (unpaired) electrons. The predicted molar refractivity (Wildman–Crippen MR) is 27.6 cm³/mol.